The second-order valence-corrected chi connectivity index (χ2v) is 7.69. The zero-order chi connectivity index (χ0) is 17.8. The van der Waals surface area contributed by atoms with E-state index in [0.717, 1.165) is 25.9 Å². The second kappa shape index (κ2) is 8.32. The summed E-state index contributed by atoms with van der Waals surface area (Å²) < 4.78 is 25.4. The van der Waals surface area contributed by atoms with Crippen LogP contribution in [0.4, 0.5) is 13.6 Å². The van der Waals surface area contributed by atoms with Gasteiger partial charge in [0.15, 0.2) is 0 Å². The van der Waals surface area contributed by atoms with Crippen LogP contribution < -0.4 is 5.32 Å². The molecule has 1 N–H and O–H groups in total. The summed E-state index contributed by atoms with van der Waals surface area (Å²) in [5, 5.41) is 3.05. The molecule has 0 radical (unpaired) electrons. The summed E-state index contributed by atoms with van der Waals surface area (Å²) >= 11 is 0. The van der Waals surface area contributed by atoms with Gasteiger partial charge in [0, 0.05) is 44.1 Å². The predicted octanol–water partition coefficient (Wildman–Crippen LogP) is 2.85. The van der Waals surface area contributed by atoms with Crippen molar-refractivity contribution in [2.75, 3.05) is 26.2 Å². The van der Waals surface area contributed by atoms with Crippen LogP contribution in [0.25, 0.3) is 0 Å². The lowest BCUT2D eigenvalue weighted by Gasteiger charge is -2.35. The SMILES string of the molecule is O=C(NC1CCC(C(F)F)CC1)C1CCN(C(=O)N2CCCC2)CC1. The third-order valence-corrected chi connectivity index (χ3v) is 5.99. The number of halogens is 2. The highest BCUT2D eigenvalue weighted by Crippen LogP contribution is 2.29. The quantitative estimate of drug-likeness (QED) is 0.844. The van der Waals surface area contributed by atoms with Gasteiger partial charge in [-0.05, 0) is 51.4 Å². The van der Waals surface area contributed by atoms with Gasteiger partial charge in [-0.1, -0.05) is 0 Å². The fourth-order valence-electron chi connectivity index (χ4n) is 4.28. The van der Waals surface area contributed by atoms with Gasteiger partial charge in [-0.25, -0.2) is 13.6 Å². The highest BCUT2D eigenvalue weighted by molar-refractivity contribution is 5.80. The summed E-state index contributed by atoms with van der Waals surface area (Å²) in [6.45, 7) is 2.96. The molecule has 3 aliphatic rings. The molecular weight excluding hydrogens is 328 g/mol. The van der Waals surface area contributed by atoms with E-state index in [1.165, 1.54) is 0 Å². The van der Waals surface area contributed by atoms with Gasteiger partial charge in [0.05, 0.1) is 0 Å². The van der Waals surface area contributed by atoms with Crippen molar-refractivity contribution in [1.82, 2.24) is 15.1 Å². The first-order valence-corrected chi connectivity index (χ1v) is 9.67. The highest BCUT2D eigenvalue weighted by atomic mass is 19.3. The molecule has 5 nitrogen and oxygen atoms in total. The third-order valence-electron chi connectivity index (χ3n) is 5.99. The van der Waals surface area contributed by atoms with Gasteiger partial charge in [0.2, 0.25) is 12.3 Å². The van der Waals surface area contributed by atoms with Crippen molar-refractivity contribution in [1.29, 1.82) is 0 Å². The minimum absolute atomic E-state index is 0.0340. The molecule has 142 valence electrons. The molecule has 0 spiro atoms. The van der Waals surface area contributed by atoms with E-state index < -0.39 is 12.3 Å². The van der Waals surface area contributed by atoms with E-state index in [4.69, 9.17) is 0 Å². The maximum Gasteiger partial charge on any atom is 0.319 e. The summed E-state index contributed by atoms with van der Waals surface area (Å²) in [5.74, 6) is -0.530. The van der Waals surface area contributed by atoms with Crippen LogP contribution in [0, 0.1) is 11.8 Å². The number of likely N-dealkylation sites (tertiary alicyclic amines) is 2. The van der Waals surface area contributed by atoms with Crippen molar-refractivity contribution in [3.05, 3.63) is 0 Å². The summed E-state index contributed by atoms with van der Waals surface area (Å²) in [6.07, 6.45) is 3.58. The molecule has 0 aromatic carbocycles. The van der Waals surface area contributed by atoms with E-state index in [1.54, 1.807) is 0 Å². The number of nitrogens with zero attached hydrogens (tertiary/aromatic N) is 2. The molecular formula is C18H29F2N3O2. The molecule has 1 aliphatic carbocycles. The first-order valence-electron chi connectivity index (χ1n) is 9.67. The van der Waals surface area contributed by atoms with E-state index in [-0.39, 0.29) is 23.9 Å². The maximum absolute atomic E-state index is 12.7. The lowest BCUT2D eigenvalue weighted by Crippen LogP contribution is -2.49. The van der Waals surface area contributed by atoms with Crippen molar-refractivity contribution in [2.45, 2.75) is 63.8 Å². The summed E-state index contributed by atoms with van der Waals surface area (Å²) in [7, 11) is 0. The van der Waals surface area contributed by atoms with Crippen LogP contribution in [0.15, 0.2) is 0 Å². The zero-order valence-corrected chi connectivity index (χ0v) is 14.8. The van der Waals surface area contributed by atoms with Crippen molar-refractivity contribution in [2.24, 2.45) is 11.8 Å². The molecule has 3 rings (SSSR count). The van der Waals surface area contributed by atoms with Crippen LogP contribution in [-0.2, 0) is 4.79 Å². The van der Waals surface area contributed by atoms with Gasteiger partial charge < -0.3 is 15.1 Å². The van der Waals surface area contributed by atoms with Crippen molar-refractivity contribution in [3.8, 4) is 0 Å². The van der Waals surface area contributed by atoms with Gasteiger partial charge in [0.1, 0.15) is 0 Å². The Balaban J connectivity index is 1.39. The highest BCUT2D eigenvalue weighted by Gasteiger charge is 2.32. The number of carbonyl (C=O) groups excluding carboxylic acids is 2. The lowest BCUT2D eigenvalue weighted by molar-refractivity contribution is -0.127. The maximum atomic E-state index is 12.7. The fourth-order valence-corrected chi connectivity index (χ4v) is 4.28. The fraction of sp³-hybridized carbons (Fsp3) is 0.889. The van der Waals surface area contributed by atoms with E-state index in [1.807, 2.05) is 9.80 Å². The van der Waals surface area contributed by atoms with E-state index >= 15 is 0 Å². The molecule has 0 atom stereocenters. The van der Waals surface area contributed by atoms with Gasteiger partial charge in [-0.15, -0.1) is 0 Å². The van der Waals surface area contributed by atoms with Gasteiger partial charge >= 0.3 is 6.03 Å². The Morgan fingerprint density at radius 1 is 0.840 bits per heavy atom. The summed E-state index contributed by atoms with van der Waals surface area (Å²) in [5.41, 5.74) is 0. The molecule has 2 saturated heterocycles. The summed E-state index contributed by atoms with van der Waals surface area (Å²) in [4.78, 5) is 28.6. The minimum atomic E-state index is -2.24. The number of amides is 3. The Bertz CT molecular complexity index is 467. The Labute approximate surface area is 148 Å². The number of hydrogen-bond donors (Lipinski definition) is 1. The van der Waals surface area contributed by atoms with E-state index in [2.05, 4.69) is 5.32 Å². The Kier molecular flexibility index (Phi) is 6.12. The Morgan fingerprint density at radius 3 is 1.96 bits per heavy atom. The summed E-state index contributed by atoms with van der Waals surface area (Å²) in [6, 6.07) is 0.147. The van der Waals surface area contributed by atoms with Crippen molar-refractivity contribution in [3.63, 3.8) is 0 Å². The number of piperidine rings is 1. The number of carbonyl (C=O) groups is 2. The standard InChI is InChI=1S/C18H29F2N3O2/c19-16(20)13-3-5-15(6-4-13)21-17(24)14-7-11-23(12-8-14)18(25)22-9-1-2-10-22/h13-16H,1-12H2,(H,21,24). The normalized spacial score (nSPS) is 28.4. The Morgan fingerprint density at radius 2 is 1.40 bits per heavy atom. The number of rotatable bonds is 3. The molecule has 1 saturated carbocycles. The largest absolute Gasteiger partial charge is 0.353 e. The second-order valence-electron chi connectivity index (χ2n) is 7.69. The zero-order valence-electron chi connectivity index (χ0n) is 14.8. The first-order chi connectivity index (χ1) is 12.0. The molecule has 25 heavy (non-hydrogen) atoms. The van der Waals surface area contributed by atoms with Crippen molar-refractivity contribution >= 4 is 11.9 Å². The first kappa shape index (κ1) is 18.4. The van der Waals surface area contributed by atoms with Crippen LogP contribution in [0.5, 0.6) is 0 Å². The van der Waals surface area contributed by atoms with E-state index in [0.29, 0.717) is 51.6 Å². The van der Waals surface area contributed by atoms with Crippen LogP contribution >= 0.6 is 0 Å². The molecule has 3 fully saturated rings. The molecule has 2 aliphatic heterocycles. The smallest absolute Gasteiger partial charge is 0.319 e. The average molecular weight is 357 g/mol. The molecule has 7 heteroatoms. The molecule has 0 unspecified atom stereocenters. The van der Waals surface area contributed by atoms with Crippen LogP contribution in [-0.4, -0.2) is 60.4 Å². The van der Waals surface area contributed by atoms with Gasteiger partial charge in [0.25, 0.3) is 0 Å². The van der Waals surface area contributed by atoms with Crippen LogP contribution in [0.2, 0.25) is 0 Å². The number of nitrogens with one attached hydrogen (secondary N) is 1. The molecule has 2 heterocycles. The van der Waals surface area contributed by atoms with Crippen LogP contribution in [0.3, 0.4) is 0 Å². The van der Waals surface area contributed by atoms with Crippen LogP contribution in [0.1, 0.15) is 51.4 Å². The molecule has 3 amide bonds. The number of hydrogen-bond acceptors (Lipinski definition) is 2. The molecule has 0 aromatic heterocycles. The third kappa shape index (κ3) is 4.61. The topological polar surface area (TPSA) is 52.7 Å². The lowest BCUT2D eigenvalue weighted by atomic mass is 9.85. The number of alkyl halides is 2. The number of urea groups is 1. The molecule has 0 aromatic rings. The average Bonchev–Trinajstić information content (AvgIpc) is 3.16. The van der Waals surface area contributed by atoms with E-state index in [9.17, 15) is 18.4 Å². The monoisotopic (exact) mass is 357 g/mol. The van der Waals surface area contributed by atoms with Gasteiger partial charge in [-0.2, -0.15) is 0 Å². The van der Waals surface area contributed by atoms with Gasteiger partial charge in [-0.3, -0.25) is 4.79 Å². The molecule has 0 bridgehead atoms. The van der Waals surface area contributed by atoms with Crippen molar-refractivity contribution < 1.29 is 18.4 Å². The predicted molar refractivity (Wildman–Crippen MR) is 90.4 cm³/mol. The minimum Gasteiger partial charge on any atom is -0.353 e. The Hall–Kier alpha value is -1.40.